The zero-order valence-electron chi connectivity index (χ0n) is 16.9. The molecule has 0 radical (unpaired) electrons. The molecule has 2 aromatic carbocycles. The third-order valence-corrected chi connectivity index (χ3v) is 4.57. The van der Waals surface area contributed by atoms with Gasteiger partial charge >= 0.3 is 0 Å². The number of guanidine groups is 1. The molecule has 158 valence electrons. The second kappa shape index (κ2) is 11.2. The molecule has 0 fully saturated rings. The van der Waals surface area contributed by atoms with Crippen molar-refractivity contribution in [2.75, 3.05) is 41.0 Å². The van der Waals surface area contributed by atoms with Crippen LogP contribution in [0.1, 0.15) is 17.2 Å². The first-order valence-corrected chi connectivity index (χ1v) is 9.19. The highest BCUT2D eigenvalue weighted by Crippen LogP contribution is 2.31. The molecule has 29 heavy (non-hydrogen) atoms. The number of halogens is 2. The van der Waals surface area contributed by atoms with Gasteiger partial charge < -0.3 is 24.4 Å². The fourth-order valence-corrected chi connectivity index (χ4v) is 3.12. The molecular weight excluding hydrogens is 488 g/mol. The van der Waals surface area contributed by atoms with Crippen molar-refractivity contribution in [1.82, 2.24) is 10.2 Å². The van der Waals surface area contributed by atoms with Crippen molar-refractivity contribution in [1.29, 1.82) is 0 Å². The Morgan fingerprint density at radius 2 is 1.86 bits per heavy atom. The highest BCUT2D eigenvalue weighted by Gasteiger charge is 2.15. The van der Waals surface area contributed by atoms with E-state index in [9.17, 15) is 4.39 Å². The molecule has 0 saturated carbocycles. The number of fused-ring (bicyclic) bond motifs is 1. The van der Waals surface area contributed by atoms with Crippen LogP contribution in [0.4, 0.5) is 4.39 Å². The van der Waals surface area contributed by atoms with E-state index in [1.165, 1.54) is 12.1 Å². The van der Waals surface area contributed by atoms with Gasteiger partial charge in [0.2, 0.25) is 0 Å². The van der Waals surface area contributed by atoms with Crippen molar-refractivity contribution < 1.29 is 18.6 Å². The summed E-state index contributed by atoms with van der Waals surface area (Å²) in [4.78, 5) is 6.36. The lowest BCUT2D eigenvalue weighted by Gasteiger charge is -2.25. The number of hydrogen-bond donors (Lipinski definition) is 1. The Kier molecular flexibility index (Phi) is 8.97. The first-order valence-electron chi connectivity index (χ1n) is 9.19. The lowest BCUT2D eigenvalue weighted by molar-refractivity contribution is 0.106. The number of hydrogen-bond acceptors (Lipinski definition) is 4. The van der Waals surface area contributed by atoms with Crippen LogP contribution in [-0.4, -0.2) is 51.8 Å². The average Bonchev–Trinajstić information content (AvgIpc) is 2.72. The van der Waals surface area contributed by atoms with Crippen molar-refractivity contribution in [3.8, 4) is 11.5 Å². The van der Waals surface area contributed by atoms with E-state index in [4.69, 9.17) is 14.2 Å². The van der Waals surface area contributed by atoms with Crippen LogP contribution in [0.3, 0.4) is 0 Å². The molecule has 6 nitrogen and oxygen atoms in total. The summed E-state index contributed by atoms with van der Waals surface area (Å²) in [6.45, 7) is 2.32. The minimum atomic E-state index is -0.262. The number of nitrogens with zero attached hydrogens (tertiary/aromatic N) is 2. The van der Waals surface area contributed by atoms with Crippen molar-refractivity contribution in [2.45, 2.75) is 12.6 Å². The normalized spacial score (nSPS) is 14.0. The molecule has 0 spiro atoms. The van der Waals surface area contributed by atoms with Crippen LogP contribution in [0, 0.1) is 5.82 Å². The lowest BCUT2D eigenvalue weighted by Crippen LogP contribution is -2.40. The molecule has 0 saturated heterocycles. The molecule has 0 aromatic heterocycles. The summed E-state index contributed by atoms with van der Waals surface area (Å²) < 4.78 is 29.9. The highest BCUT2D eigenvalue weighted by molar-refractivity contribution is 14.0. The van der Waals surface area contributed by atoms with E-state index in [-0.39, 0.29) is 35.9 Å². The molecule has 1 aliphatic rings. The third-order valence-electron chi connectivity index (χ3n) is 4.57. The number of nitrogens with one attached hydrogen (secondary N) is 1. The molecular formula is C21H27FIN3O3. The van der Waals surface area contributed by atoms with Gasteiger partial charge in [-0.2, -0.15) is 0 Å². The van der Waals surface area contributed by atoms with E-state index in [0.717, 1.165) is 28.6 Å². The van der Waals surface area contributed by atoms with Gasteiger partial charge in [-0.3, -0.25) is 4.99 Å². The Morgan fingerprint density at radius 1 is 1.17 bits per heavy atom. The summed E-state index contributed by atoms with van der Waals surface area (Å²) in [5.74, 6) is 2.03. The first kappa shape index (κ1) is 23.2. The Bertz CT molecular complexity index is 817. The predicted octanol–water partition coefficient (Wildman–Crippen LogP) is 3.61. The van der Waals surface area contributed by atoms with Crippen LogP contribution in [0.5, 0.6) is 11.5 Å². The average molecular weight is 515 g/mol. The minimum Gasteiger partial charge on any atom is -0.486 e. The van der Waals surface area contributed by atoms with E-state index in [1.807, 2.05) is 30.1 Å². The van der Waals surface area contributed by atoms with Crippen LogP contribution in [-0.2, 0) is 11.3 Å². The van der Waals surface area contributed by atoms with Gasteiger partial charge in [0.05, 0.1) is 6.10 Å². The van der Waals surface area contributed by atoms with Gasteiger partial charge in [-0.1, -0.05) is 18.2 Å². The van der Waals surface area contributed by atoms with Crippen molar-refractivity contribution in [3.05, 3.63) is 59.4 Å². The monoisotopic (exact) mass is 515 g/mol. The van der Waals surface area contributed by atoms with Gasteiger partial charge in [0.15, 0.2) is 17.5 Å². The minimum absolute atomic E-state index is 0. The number of ether oxygens (including phenoxy) is 3. The summed E-state index contributed by atoms with van der Waals surface area (Å²) in [6, 6.07) is 12.3. The molecule has 1 heterocycles. The topological polar surface area (TPSA) is 55.3 Å². The first-order chi connectivity index (χ1) is 13.6. The third kappa shape index (κ3) is 6.20. The molecule has 8 heteroatoms. The smallest absolute Gasteiger partial charge is 0.193 e. The Balaban J connectivity index is 0.00000300. The van der Waals surface area contributed by atoms with Crippen LogP contribution in [0.25, 0.3) is 0 Å². The molecule has 0 aliphatic carbocycles. The molecule has 3 rings (SSSR count). The standard InChI is InChI=1S/C21H26FN3O3.HI/c1-23-21(24-13-20(26-3)16-5-7-17(22)8-6-16)25(2)14-15-4-9-18-19(12-15)28-11-10-27-18;/h4-9,12,20H,10-11,13-14H2,1-3H3,(H,23,24);1H. The van der Waals surface area contributed by atoms with E-state index >= 15 is 0 Å². The van der Waals surface area contributed by atoms with Gasteiger partial charge in [-0.05, 0) is 35.4 Å². The maximum atomic E-state index is 13.1. The zero-order valence-corrected chi connectivity index (χ0v) is 19.2. The van der Waals surface area contributed by atoms with Gasteiger partial charge in [0, 0.05) is 34.3 Å². The predicted molar refractivity (Wildman–Crippen MR) is 122 cm³/mol. The molecule has 0 amide bonds. The van der Waals surface area contributed by atoms with E-state index < -0.39 is 0 Å². The highest BCUT2D eigenvalue weighted by atomic mass is 127. The molecule has 1 atom stereocenters. The van der Waals surface area contributed by atoms with Crippen molar-refractivity contribution in [3.63, 3.8) is 0 Å². The lowest BCUT2D eigenvalue weighted by atomic mass is 10.1. The number of aliphatic imine (C=N–C) groups is 1. The summed E-state index contributed by atoms with van der Waals surface area (Å²) >= 11 is 0. The Hall–Kier alpha value is -2.07. The van der Waals surface area contributed by atoms with Crippen molar-refractivity contribution in [2.24, 2.45) is 4.99 Å². The van der Waals surface area contributed by atoms with Gasteiger partial charge in [0.1, 0.15) is 19.0 Å². The van der Waals surface area contributed by atoms with Crippen LogP contribution in [0.15, 0.2) is 47.5 Å². The molecule has 2 aromatic rings. The quantitative estimate of drug-likeness (QED) is 0.362. The van der Waals surface area contributed by atoms with E-state index in [1.54, 1.807) is 26.3 Å². The fraction of sp³-hybridized carbons (Fsp3) is 0.381. The summed E-state index contributed by atoms with van der Waals surface area (Å²) in [7, 11) is 5.34. The van der Waals surface area contributed by atoms with E-state index in [2.05, 4.69) is 10.3 Å². The van der Waals surface area contributed by atoms with Crippen LogP contribution >= 0.6 is 24.0 Å². The summed E-state index contributed by atoms with van der Waals surface area (Å²) in [6.07, 6.45) is -0.208. The Morgan fingerprint density at radius 3 is 2.52 bits per heavy atom. The zero-order chi connectivity index (χ0) is 19.9. The van der Waals surface area contributed by atoms with E-state index in [0.29, 0.717) is 26.3 Å². The van der Waals surface area contributed by atoms with Gasteiger partial charge in [-0.25, -0.2) is 4.39 Å². The summed E-state index contributed by atoms with van der Waals surface area (Å²) in [5, 5.41) is 3.32. The van der Waals surface area contributed by atoms with Gasteiger partial charge in [-0.15, -0.1) is 24.0 Å². The number of benzene rings is 2. The van der Waals surface area contributed by atoms with Crippen LogP contribution < -0.4 is 14.8 Å². The largest absolute Gasteiger partial charge is 0.486 e. The fourth-order valence-electron chi connectivity index (χ4n) is 3.12. The maximum absolute atomic E-state index is 13.1. The molecule has 1 aliphatic heterocycles. The Labute approximate surface area is 188 Å². The second-order valence-corrected chi connectivity index (χ2v) is 6.54. The van der Waals surface area contributed by atoms with Gasteiger partial charge in [0.25, 0.3) is 0 Å². The second-order valence-electron chi connectivity index (χ2n) is 6.54. The molecule has 1 N–H and O–H groups in total. The maximum Gasteiger partial charge on any atom is 0.193 e. The molecule has 0 bridgehead atoms. The number of methoxy groups -OCH3 is 1. The van der Waals surface area contributed by atoms with Crippen molar-refractivity contribution >= 4 is 29.9 Å². The summed E-state index contributed by atoms with van der Waals surface area (Å²) in [5.41, 5.74) is 2.00. The number of rotatable bonds is 6. The molecule has 1 unspecified atom stereocenters. The SMILES string of the molecule is CN=C(NCC(OC)c1ccc(F)cc1)N(C)Cc1ccc2c(c1)OCCO2.I. The van der Waals surface area contributed by atoms with Crippen LogP contribution in [0.2, 0.25) is 0 Å².